The first-order valence-electron chi connectivity index (χ1n) is 3.64. The largest absolute Gasteiger partial charge is 0.574 e. The molecule has 15 heavy (non-hydrogen) atoms. The molecule has 0 bridgehead atoms. The second kappa shape index (κ2) is 4.54. The van der Waals surface area contributed by atoms with E-state index in [1.165, 1.54) is 0 Å². The molecule has 0 aliphatic rings. The summed E-state index contributed by atoms with van der Waals surface area (Å²) in [7, 11) is 0. The SMILES string of the molecule is NCc1c(OC(F)(F)F)ncc(Br)c1Cl. The Morgan fingerprint density at radius 2 is 2.13 bits per heavy atom. The molecule has 8 heteroatoms. The molecule has 1 heterocycles. The third-order valence-electron chi connectivity index (χ3n) is 1.44. The van der Waals surface area contributed by atoms with Crippen molar-refractivity contribution in [2.24, 2.45) is 5.73 Å². The van der Waals surface area contributed by atoms with E-state index < -0.39 is 12.2 Å². The summed E-state index contributed by atoms with van der Waals surface area (Å²) in [6.07, 6.45) is -3.70. The first-order valence-corrected chi connectivity index (χ1v) is 4.81. The molecule has 0 aliphatic heterocycles. The lowest BCUT2D eigenvalue weighted by Gasteiger charge is -2.12. The minimum Gasteiger partial charge on any atom is -0.387 e. The fraction of sp³-hybridized carbons (Fsp3) is 0.286. The van der Waals surface area contributed by atoms with Crippen LogP contribution in [0.4, 0.5) is 13.2 Å². The van der Waals surface area contributed by atoms with Gasteiger partial charge in [-0.2, -0.15) is 0 Å². The highest BCUT2D eigenvalue weighted by Gasteiger charge is 2.33. The lowest BCUT2D eigenvalue weighted by molar-refractivity contribution is -0.276. The number of hydrogen-bond acceptors (Lipinski definition) is 3. The maximum Gasteiger partial charge on any atom is 0.574 e. The number of hydrogen-bond donors (Lipinski definition) is 1. The molecule has 0 spiro atoms. The zero-order chi connectivity index (χ0) is 11.6. The quantitative estimate of drug-likeness (QED) is 0.914. The maximum atomic E-state index is 11.9. The van der Waals surface area contributed by atoms with E-state index in [0.717, 1.165) is 6.20 Å². The lowest BCUT2D eigenvalue weighted by Crippen LogP contribution is -2.19. The van der Waals surface area contributed by atoms with Crippen molar-refractivity contribution in [2.75, 3.05) is 0 Å². The Morgan fingerprint density at radius 1 is 1.53 bits per heavy atom. The Labute approximate surface area is 96.5 Å². The molecule has 3 nitrogen and oxygen atoms in total. The molecule has 0 radical (unpaired) electrons. The van der Waals surface area contributed by atoms with Crippen LogP contribution in [0.15, 0.2) is 10.7 Å². The summed E-state index contributed by atoms with van der Waals surface area (Å²) in [6, 6.07) is 0. The Kier molecular flexibility index (Phi) is 3.80. The molecule has 0 fully saturated rings. The summed E-state index contributed by atoms with van der Waals surface area (Å²) in [5, 5.41) is 0.0618. The van der Waals surface area contributed by atoms with Crippen molar-refractivity contribution in [3.8, 4) is 5.88 Å². The third kappa shape index (κ3) is 3.22. The van der Waals surface area contributed by atoms with Gasteiger partial charge >= 0.3 is 6.36 Å². The predicted molar refractivity (Wildman–Crippen MR) is 51.5 cm³/mol. The van der Waals surface area contributed by atoms with Crippen LogP contribution in [0.25, 0.3) is 0 Å². The summed E-state index contributed by atoms with van der Waals surface area (Å²) < 4.78 is 39.8. The first kappa shape index (κ1) is 12.5. The molecule has 0 unspecified atom stereocenters. The average Bonchev–Trinajstić information content (AvgIpc) is 2.10. The van der Waals surface area contributed by atoms with Gasteiger partial charge in [-0.05, 0) is 15.9 Å². The fourth-order valence-corrected chi connectivity index (χ4v) is 1.41. The number of nitrogens with two attached hydrogens (primary N) is 1. The maximum absolute atomic E-state index is 11.9. The van der Waals surface area contributed by atoms with Crippen LogP contribution < -0.4 is 10.5 Å². The van der Waals surface area contributed by atoms with Gasteiger partial charge in [0.15, 0.2) is 0 Å². The third-order valence-corrected chi connectivity index (χ3v) is 2.71. The van der Waals surface area contributed by atoms with Crippen LogP contribution in [0, 0.1) is 0 Å². The first-order chi connectivity index (χ1) is 6.85. The molecular weight excluding hydrogens is 300 g/mol. The number of halogens is 5. The van der Waals surface area contributed by atoms with Crippen LogP contribution in [0.2, 0.25) is 5.02 Å². The zero-order valence-electron chi connectivity index (χ0n) is 7.11. The molecule has 1 rings (SSSR count). The van der Waals surface area contributed by atoms with Crippen molar-refractivity contribution in [1.82, 2.24) is 4.98 Å². The van der Waals surface area contributed by atoms with E-state index in [1.807, 2.05) is 0 Å². The molecular formula is C7H5BrClF3N2O. The second-order valence-corrected chi connectivity index (χ2v) is 3.69. The van der Waals surface area contributed by atoms with E-state index in [1.54, 1.807) is 0 Å². The van der Waals surface area contributed by atoms with Gasteiger partial charge in [-0.15, -0.1) is 13.2 Å². The van der Waals surface area contributed by atoms with Gasteiger partial charge in [-0.1, -0.05) is 11.6 Å². The molecule has 1 aromatic heterocycles. The number of rotatable bonds is 2. The van der Waals surface area contributed by atoms with Gasteiger partial charge in [0.05, 0.1) is 9.50 Å². The van der Waals surface area contributed by atoms with Crippen LogP contribution in [0.1, 0.15) is 5.56 Å². The van der Waals surface area contributed by atoms with Crippen molar-refractivity contribution in [3.05, 3.63) is 21.3 Å². The van der Waals surface area contributed by atoms with Gasteiger partial charge < -0.3 is 10.5 Å². The standard InChI is InChI=1S/C7H5BrClF3N2O/c8-4-2-14-6(15-7(10,11)12)3(1-13)5(4)9/h2H,1,13H2. The van der Waals surface area contributed by atoms with E-state index in [9.17, 15) is 13.2 Å². The number of ether oxygens (including phenoxy) is 1. The smallest absolute Gasteiger partial charge is 0.387 e. The fourth-order valence-electron chi connectivity index (χ4n) is 0.862. The minimum atomic E-state index is -4.81. The summed E-state index contributed by atoms with van der Waals surface area (Å²) in [6.45, 7) is -0.198. The Morgan fingerprint density at radius 3 is 2.60 bits per heavy atom. The van der Waals surface area contributed by atoms with Gasteiger partial charge in [0, 0.05) is 18.3 Å². The monoisotopic (exact) mass is 304 g/mol. The molecule has 2 N–H and O–H groups in total. The van der Waals surface area contributed by atoms with E-state index in [4.69, 9.17) is 17.3 Å². The molecule has 0 atom stereocenters. The van der Waals surface area contributed by atoms with Crippen LogP contribution >= 0.6 is 27.5 Å². The molecule has 0 amide bonds. The molecule has 0 saturated carbocycles. The van der Waals surface area contributed by atoms with Crippen LogP contribution in [-0.2, 0) is 6.54 Å². The Bertz CT molecular complexity index is 372. The second-order valence-electron chi connectivity index (χ2n) is 2.46. The highest BCUT2D eigenvalue weighted by molar-refractivity contribution is 9.10. The predicted octanol–water partition coefficient (Wildman–Crippen LogP) is 2.85. The van der Waals surface area contributed by atoms with Crippen LogP contribution in [0.3, 0.4) is 0 Å². The van der Waals surface area contributed by atoms with Gasteiger partial charge in [-0.3, -0.25) is 0 Å². The molecule has 0 aromatic carbocycles. The molecule has 0 aliphatic carbocycles. The van der Waals surface area contributed by atoms with Gasteiger partial charge in [0.1, 0.15) is 0 Å². The van der Waals surface area contributed by atoms with Gasteiger partial charge in [0.2, 0.25) is 5.88 Å². The van der Waals surface area contributed by atoms with Crippen molar-refractivity contribution >= 4 is 27.5 Å². The minimum absolute atomic E-state index is 0.00312. The zero-order valence-corrected chi connectivity index (χ0v) is 9.45. The Balaban J connectivity index is 3.14. The van der Waals surface area contributed by atoms with Gasteiger partial charge in [0.25, 0.3) is 0 Å². The average molecular weight is 305 g/mol. The Hall–Kier alpha value is -0.530. The highest BCUT2D eigenvalue weighted by atomic mass is 79.9. The van der Waals surface area contributed by atoms with E-state index in [-0.39, 0.29) is 17.1 Å². The normalized spacial score (nSPS) is 11.6. The van der Waals surface area contributed by atoms with Crippen molar-refractivity contribution in [1.29, 1.82) is 0 Å². The van der Waals surface area contributed by atoms with E-state index in [0.29, 0.717) is 4.47 Å². The molecule has 1 aromatic rings. The van der Waals surface area contributed by atoms with Crippen molar-refractivity contribution in [3.63, 3.8) is 0 Å². The summed E-state index contributed by atoms with van der Waals surface area (Å²) in [4.78, 5) is 3.44. The highest BCUT2D eigenvalue weighted by Crippen LogP contribution is 2.33. The summed E-state index contributed by atoms with van der Waals surface area (Å²) >= 11 is 8.73. The number of pyridine rings is 1. The number of alkyl halides is 3. The molecule has 0 saturated heterocycles. The lowest BCUT2D eigenvalue weighted by atomic mass is 10.3. The topological polar surface area (TPSA) is 48.1 Å². The van der Waals surface area contributed by atoms with Crippen LogP contribution in [-0.4, -0.2) is 11.3 Å². The number of aromatic nitrogens is 1. The molecule has 84 valence electrons. The summed E-state index contributed by atoms with van der Waals surface area (Å²) in [5.41, 5.74) is 5.25. The number of nitrogens with zero attached hydrogens (tertiary/aromatic N) is 1. The van der Waals surface area contributed by atoms with Gasteiger partial charge in [-0.25, -0.2) is 4.98 Å². The van der Waals surface area contributed by atoms with E-state index >= 15 is 0 Å². The van der Waals surface area contributed by atoms with Crippen LogP contribution in [0.5, 0.6) is 5.88 Å². The van der Waals surface area contributed by atoms with Crippen molar-refractivity contribution in [2.45, 2.75) is 12.9 Å². The van der Waals surface area contributed by atoms with E-state index in [2.05, 4.69) is 25.7 Å². The summed E-state index contributed by atoms with van der Waals surface area (Å²) in [5.74, 6) is -0.627. The van der Waals surface area contributed by atoms with Crippen molar-refractivity contribution < 1.29 is 17.9 Å².